The van der Waals surface area contributed by atoms with Gasteiger partial charge >= 0.3 is 5.97 Å². The van der Waals surface area contributed by atoms with Crippen molar-refractivity contribution in [2.24, 2.45) is 5.92 Å². The second kappa shape index (κ2) is 6.82. The second-order valence-corrected chi connectivity index (χ2v) is 7.98. The number of hydrogen-bond acceptors (Lipinski definition) is 5. The zero-order chi connectivity index (χ0) is 19.9. The Morgan fingerprint density at radius 1 is 1.11 bits per heavy atom. The van der Waals surface area contributed by atoms with Gasteiger partial charge in [-0.05, 0) is 17.7 Å². The summed E-state index contributed by atoms with van der Waals surface area (Å²) in [4.78, 5) is 14.2. The molecule has 0 saturated carbocycles. The van der Waals surface area contributed by atoms with E-state index in [0.717, 1.165) is 17.0 Å². The first kappa shape index (κ1) is 18.8. The average Bonchev–Trinajstić information content (AvgIpc) is 2.73. The Morgan fingerprint density at radius 3 is 2.50 bits per heavy atom. The second-order valence-electron chi connectivity index (χ2n) is 7.98. The highest BCUT2D eigenvalue weighted by atomic mass is 16.5. The summed E-state index contributed by atoms with van der Waals surface area (Å²) in [6.45, 7) is 5.54. The Balaban J connectivity index is 1.96. The van der Waals surface area contributed by atoms with Gasteiger partial charge in [0.05, 0.1) is 26.1 Å². The Kier molecular flexibility index (Phi) is 4.58. The van der Waals surface area contributed by atoms with Gasteiger partial charge < -0.3 is 19.1 Å². The molecule has 2 aromatic carbocycles. The number of carbonyl (C=O) groups excluding carboxylic acids is 1. The molecule has 148 valence electrons. The van der Waals surface area contributed by atoms with Crippen LogP contribution in [0.5, 0.6) is 5.75 Å². The van der Waals surface area contributed by atoms with Crippen molar-refractivity contribution in [3.05, 3.63) is 59.7 Å². The highest BCUT2D eigenvalue weighted by Crippen LogP contribution is 2.58. The van der Waals surface area contributed by atoms with Gasteiger partial charge in [0, 0.05) is 30.3 Å². The molecule has 0 spiro atoms. The molecule has 0 N–H and O–H groups in total. The molecule has 0 amide bonds. The number of rotatable bonds is 4. The normalized spacial score (nSPS) is 24.4. The van der Waals surface area contributed by atoms with Crippen LogP contribution in [0.25, 0.3) is 0 Å². The maximum atomic E-state index is 12.0. The molecule has 2 aliphatic rings. The topological polar surface area (TPSA) is 48.0 Å². The lowest BCUT2D eigenvalue weighted by Gasteiger charge is -2.60. The van der Waals surface area contributed by atoms with Crippen LogP contribution in [-0.4, -0.2) is 33.3 Å². The van der Waals surface area contributed by atoms with Crippen molar-refractivity contribution in [3.8, 4) is 5.75 Å². The Hall–Kier alpha value is -2.53. The highest BCUT2D eigenvalue weighted by molar-refractivity contribution is 5.71. The molecule has 4 rings (SSSR count). The third kappa shape index (κ3) is 2.53. The van der Waals surface area contributed by atoms with Gasteiger partial charge in [-0.1, -0.05) is 50.2 Å². The summed E-state index contributed by atoms with van der Waals surface area (Å²) in [5.74, 6) is 0.650. The fraction of sp³-hybridized carbons (Fsp3) is 0.435. The number of nitrogens with zero attached hydrogens (tertiary/aromatic N) is 1. The third-order valence-corrected chi connectivity index (χ3v) is 6.39. The first-order valence-electron chi connectivity index (χ1n) is 9.68. The molecule has 5 heteroatoms. The molecule has 0 unspecified atom stereocenters. The van der Waals surface area contributed by atoms with Crippen molar-refractivity contribution < 1.29 is 19.0 Å². The first-order valence-corrected chi connectivity index (χ1v) is 9.68. The average molecular weight is 381 g/mol. The van der Waals surface area contributed by atoms with E-state index < -0.39 is 5.72 Å². The van der Waals surface area contributed by atoms with Crippen molar-refractivity contribution in [1.82, 2.24) is 0 Å². The van der Waals surface area contributed by atoms with Gasteiger partial charge in [0.2, 0.25) is 0 Å². The third-order valence-electron chi connectivity index (χ3n) is 6.39. The van der Waals surface area contributed by atoms with E-state index in [-0.39, 0.29) is 23.7 Å². The predicted molar refractivity (Wildman–Crippen MR) is 108 cm³/mol. The van der Waals surface area contributed by atoms with E-state index >= 15 is 0 Å². The lowest BCUT2D eigenvalue weighted by Crippen LogP contribution is -2.65. The van der Waals surface area contributed by atoms with Crippen LogP contribution in [0.2, 0.25) is 0 Å². The number of fused-ring (bicyclic) bond motifs is 4. The minimum atomic E-state index is -0.722. The largest absolute Gasteiger partial charge is 0.493 e. The summed E-state index contributed by atoms with van der Waals surface area (Å²) in [5, 5.41) is 0. The molecule has 2 heterocycles. The van der Waals surface area contributed by atoms with E-state index in [2.05, 4.69) is 43.0 Å². The summed E-state index contributed by atoms with van der Waals surface area (Å²) in [7, 11) is 3.18. The molecule has 0 saturated heterocycles. The number of anilines is 1. The number of methoxy groups -OCH3 is 2. The molecule has 0 aromatic heterocycles. The molecule has 2 aliphatic heterocycles. The van der Waals surface area contributed by atoms with Crippen LogP contribution in [0.15, 0.2) is 48.5 Å². The summed E-state index contributed by atoms with van der Waals surface area (Å²) < 4.78 is 17.5. The molecule has 0 bridgehead atoms. The van der Waals surface area contributed by atoms with Gasteiger partial charge in [-0.25, -0.2) is 0 Å². The predicted octanol–water partition coefficient (Wildman–Crippen LogP) is 3.86. The number of ether oxygens (including phenoxy) is 3. The lowest BCUT2D eigenvalue weighted by atomic mass is 9.62. The van der Waals surface area contributed by atoms with E-state index in [1.54, 1.807) is 7.11 Å². The van der Waals surface area contributed by atoms with Crippen molar-refractivity contribution >= 4 is 11.7 Å². The van der Waals surface area contributed by atoms with Gasteiger partial charge in [0.25, 0.3) is 0 Å². The minimum absolute atomic E-state index is 0.0486. The molecule has 0 fully saturated rings. The Labute approximate surface area is 166 Å². The SMILES string of the molecule is COC(=O)CCN1c2ccccc2C(C)(C)[C@H]2COc3ccccc3[C@]21OC. The van der Waals surface area contributed by atoms with Crippen LogP contribution < -0.4 is 9.64 Å². The standard InChI is InChI=1S/C23H27NO4/c1-22(2)16-9-5-7-11-18(16)24(14-13-21(25)26-3)23(27-4)17-10-6-8-12-19(17)28-15-20(22)23/h5-12,20H,13-15H2,1-4H3/t20-,23+/m1/s1. The molecule has 28 heavy (non-hydrogen) atoms. The summed E-state index contributed by atoms with van der Waals surface area (Å²) in [6.07, 6.45) is 0.284. The maximum Gasteiger partial charge on any atom is 0.307 e. The van der Waals surface area contributed by atoms with Gasteiger partial charge in [0.15, 0.2) is 5.72 Å². The number of hydrogen-bond donors (Lipinski definition) is 0. The van der Waals surface area contributed by atoms with Crippen LogP contribution in [0.1, 0.15) is 31.4 Å². The number of esters is 1. The Morgan fingerprint density at radius 2 is 1.79 bits per heavy atom. The summed E-state index contributed by atoms with van der Waals surface area (Å²) in [5.41, 5.74) is 2.43. The Bertz CT molecular complexity index is 894. The molecule has 0 radical (unpaired) electrons. The number of carbonyl (C=O) groups is 1. The smallest absolute Gasteiger partial charge is 0.307 e. The van der Waals surface area contributed by atoms with Crippen LogP contribution >= 0.6 is 0 Å². The van der Waals surface area contributed by atoms with E-state index in [4.69, 9.17) is 14.2 Å². The molecule has 0 aliphatic carbocycles. The zero-order valence-electron chi connectivity index (χ0n) is 16.9. The first-order chi connectivity index (χ1) is 13.5. The van der Waals surface area contributed by atoms with E-state index in [1.165, 1.54) is 12.7 Å². The molecular formula is C23H27NO4. The van der Waals surface area contributed by atoms with Crippen molar-refractivity contribution in [2.45, 2.75) is 31.4 Å². The molecular weight excluding hydrogens is 354 g/mol. The fourth-order valence-corrected chi connectivity index (χ4v) is 4.97. The van der Waals surface area contributed by atoms with Crippen molar-refractivity contribution in [3.63, 3.8) is 0 Å². The number of para-hydroxylation sites is 2. The van der Waals surface area contributed by atoms with E-state index in [9.17, 15) is 4.79 Å². The van der Waals surface area contributed by atoms with E-state index in [0.29, 0.717) is 13.2 Å². The quantitative estimate of drug-likeness (QED) is 0.753. The summed E-state index contributed by atoms with van der Waals surface area (Å²) >= 11 is 0. The molecule has 5 nitrogen and oxygen atoms in total. The van der Waals surface area contributed by atoms with Crippen LogP contribution in [0, 0.1) is 5.92 Å². The fourth-order valence-electron chi connectivity index (χ4n) is 4.97. The van der Waals surface area contributed by atoms with Crippen molar-refractivity contribution in [2.75, 3.05) is 32.3 Å². The minimum Gasteiger partial charge on any atom is -0.493 e. The van der Waals surface area contributed by atoms with E-state index in [1.807, 2.05) is 24.3 Å². The zero-order valence-corrected chi connectivity index (χ0v) is 16.9. The van der Waals surface area contributed by atoms with Crippen LogP contribution in [0.4, 0.5) is 5.69 Å². The van der Waals surface area contributed by atoms with Gasteiger partial charge in [-0.2, -0.15) is 0 Å². The van der Waals surface area contributed by atoms with Crippen LogP contribution in [0.3, 0.4) is 0 Å². The van der Waals surface area contributed by atoms with Gasteiger partial charge in [0.1, 0.15) is 5.75 Å². The van der Waals surface area contributed by atoms with Gasteiger partial charge in [-0.15, -0.1) is 0 Å². The van der Waals surface area contributed by atoms with Gasteiger partial charge in [-0.3, -0.25) is 4.79 Å². The highest BCUT2D eigenvalue weighted by Gasteiger charge is 2.60. The monoisotopic (exact) mass is 381 g/mol. The molecule has 2 aromatic rings. The lowest BCUT2D eigenvalue weighted by molar-refractivity contribution is -0.141. The van der Waals surface area contributed by atoms with Crippen LogP contribution in [-0.2, 0) is 25.4 Å². The summed E-state index contributed by atoms with van der Waals surface area (Å²) in [6, 6.07) is 16.4. The van der Waals surface area contributed by atoms with Crippen molar-refractivity contribution in [1.29, 1.82) is 0 Å². The molecule has 2 atom stereocenters. The number of benzene rings is 2. The maximum absolute atomic E-state index is 12.0.